The standard InChI is InChI=1S/C25H26N2O3/c1-17(18-9-3-2-4-10-18)15-26-23(28)16-30-25(29)24-19-11-5-7-13-21(19)27-22-14-8-6-12-20(22)24/h2-5,7,9-11,13,17H,6,8,12,14-16H2,1H3,(H,26,28)/t17-/m0/s1. The van der Waals surface area contributed by atoms with Gasteiger partial charge >= 0.3 is 5.97 Å². The molecular formula is C25H26N2O3. The maximum absolute atomic E-state index is 13.0. The van der Waals surface area contributed by atoms with Crippen molar-refractivity contribution < 1.29 is 14.3 Å². The van der Waals surface area contributed by atoms with Crippen LogP contribution in [0.4, 0.5) is 0 Å². The highest BCUT2D eigenvalue weighted by Crippen LogP contribution is 2.29. The molecular weight excluding hydrogens is 376 g/mol. The minimum atomic E-state index is -0.446. The second kappa shape index (κ2) is 9.08. The molecule has 30 heavy (non-hydrogen) atoms. The molecule has 0 saturated carbocycles. The molecule has 1 amide bonds. The Morgan fingerprint density at radius 2 is 1.77 bits per heavy atom. The van der Waals surface area contributed by atoms with Crippen LogP contribution in [0.25, 0.3) is 10.9 Å². The van der Waals surface area contributed by atoms with Gasteiger partial charge in [-0.1, -0.05) is 55.5 Å². The summed E-state index contributed by atoms with van der Waals surface area (Å²) < 4.78 is 5.42. The molecule has 0 saturated heterocycles. The number of amides is 1. The first-order valence-corrected chi connectivity index (χ1v) is 10.5. The number of rotatable bonds is 6. The molecule has 1 heterocycles. The Hall–Kier alpha value is -3.21. The number of hydrogen-bond acceptors (Lipinski definition) is 4. The van der Waals surface area contributed by atoms with Crippen molar-refractivity contribution in [1.29, 1.82) is 0 Å². The van der Waals surface area contributed by atoms with Gasteiger partial charge in [0.25, 0.3) is 5.91 Å². The van der Waals surface area contributed by atoms with E-state index in [-0.39, 0.29) is 18.4 Å². The van der Waals surface area contributed by atoms with Crippen LogP contribution in [0.1, 0.15) is 52.9 Å². The minimum Gasteiger partial charge on any atom is -0.452 e. The third kappa shape index (κ3) is 4.35. The molecule has 0 fully saturated rings. The van der Waals surface area contributed by atoms with Gasteiger partial charge in [-0.05, 0) is 48.8 Å². The number of nitrogens with zero attached hydrogens (tertiary/aromatic N) is 1. The van der Waals surface area contributed by atoms with Crippen LogP contribution in [0, 0.1) is 0 Å². The smallest absolute Gasteiger partial charge is 0.339 e. The van der Waals surface area contributed by atoms with Gasteiger partial charge in [0.2, 0.25) is 0 Å². The fraction of sp³-hybridized carbons (Fsp3) is 0.320. The van der Waals surface area contributed by atoms with Gasteiger partial charge in [-0.15, -0.1) is 0 Å². The zero-order valence-corrected chi connectivity index (χ0v) is 17.2. The second-order valence-electron chi connectivity index (χ2n) is 7.83. The van der Waals surface area contributed by atoms with Gasteiger partial charge < -0.3 is 10.1 Å². The second-order valence-corrected chi connectivity index (χ2v) is 7.83. The van der Waals surface area contributed by atoms with E-state index in [1.165, 1.54) is 0 Å². The number of pyridine rings is 1. The Labute approximate surface area is 176 Å². The maximum atomic E-state index is 13.0. The first-order valence-electron chi connectivity index (χ1n) is 10.5. The Kier molecular flexibility index (Phi) is 6.07. The van der Waals surface area contributed by atoms with Crippen molar-refractivity contribution in [2.75, 3.05) is 13.2 Å². The predicted molar refractivity (Wildman–Crippen MR) is 117 cm³/mol. The summed E-state index contributed by atoms with van der Waals surface area (Å²) in [5.74, 6) is -0.557. The van der Waals surface area contributed by atoms with E-state index in [1.54, 1.807) is 0 Å². The third-order valence-electron chi connectivity index (χ3n) is 5.68. The summed E-state index contributed by atoms with van der Waals surface area (Å²) in [6, 6.07) is 17.6. The van der Waals surface area contributed by atoms with Crippen molar-refractivity contribution in [1.82, 2.24) is 10.3 Å². The Morgan fingerprint density at radius 1 is 1.03 bits per heavy atom. The number of fused-ring (bicyclic) bond motifs is 2. The molecule has 0 unspecified atom stereocenters. The Morgan fingerprint density at radius 3 is 2.60 bits per heavy atom. The van der Waals surface area contributed by atoms with Crippen molar-refractivity contribution >= 4 is 22.8 Å². The molecule has 154 valence electrons. The van der Waals surface area contributed by atoms with Gasteiger partial charge in [0.15, 0.2) is 6.61 Å². The first-order chi connectivity index (χ1) is 14.6. The monoisotopic (exact) mass is 402 g/mol. The summed E-state index contributed by atoms with van der Waals surface area (Å²) in [7, 11) is 0. The van der Waals surface area contributed by atoms with E-state index in [4.69, 9.17) is 9.72 Å². The zero-order valence-electron chi connectivity index (χ0n) is 17.2. The van der Waals surface area contributed by atoms with Gasteiger partial charge in [0.05, 0.1) is 11.1 Å². The van der Waals surface area contributed by atoms with Crippen LogP contribution >= 0.6 is 0 Å². The highest BCUT2D eigenvalue weighted by molar-refractivity contribution is 6.05. The molecule has 5 heteroatoms. The summed E-state index contributed by atoms with van der Waals surface area (Å²) >= 11 is 0. The molecule has 1 aromatic heterocycles. The van der Waals surface area contributed by atoms with Gasteiger partial charge in [-0.3, -0.25) is 9.78 Å². The van der Waals surface area contributed by atoms with Crippen LogP contribution < -0.4 is 5.32 Å². The number of carbonyl (C=O) groups excluding carboxylic acids is 2. The van der Waals surface area contributed by atoms with Crippen LogP contribution in [-0.4, -0.2) is 30.0 Å². The number of para-hydroxylation sites is 1. The number of benzene rings is 2. The van der Waals surface area contributed by atoms with Crippen LogP contribution in [0.2, 0.25) is 0 Å². The highest BCUT2D eigenvalue weighted by atomic mass is 16.5. The number of nitrogens with one attached hydrogen (secondary N) is 1. The van der Waals surface area contributed by atoms with E-state index >= 15 is 0 Å². The van der Waals surface area contributed by atoms with E-state index < -0.39 is 5.97 Å². The lowest BCUT2D eigenvalue weighted by Gasteiger charge is -2.20. The topological polar surface area (TPSA) is 68.3 Å². The quantitative estimate of drug-likeness (QED) is 0.628. The highest BCUT2D eigenvalue weighted by Gasteiger charge is 2.24. The number of esters is 1. The fourth-order valence-electron chi connectivity index (χ4n) is 4.03. The van der Waals surface area contributed by atoms with E-state index in [2.05, 4.69) is 12.2 Å². The zero-order chi connectivity index (χ0) is 20.9. The van der Waals surface area contributed by atoms with E-state index in [0.29, 0.717) is 12.1 Å². The number of carbonyl (C=O) groups is 2. The lowest BCUT2D eigenvalue weighted by Crippen LogP contribution is -2.32. The average Bonchev–Trinajstić information content (AvgIpc) is 2.79. The minimum absolute atomic E-state index is 0.182. The summed E-state index contributed by atoms with van der Waals surface area (Å²) in [4.78, 5) is 30.0. The Balaban J connectivity index is 1.43. The molecule has 0 radical (unpaired) electrons. The number of aryl methyl sites for hydroxylation is 1. The van der Waals surface area contributed by atoms with Crippen molar-refractivity contribution in [3.8, 4) is 0 Å². The summed E-state index contributed by atoms with van der Waals surface area (Å²) in [5.41, 5.74) is 4.48. The van der Waals surface area contributed by atoms with Gasteiger partial charge in [-0.2, -0.15) is 0 Å². The largest absolute Gasteiger partial charge is 0.452 e. The molecule has 0 aliphatic heterocycles. The molecule has 3 aromatic rings. The molecule has 4 rings (SSSR count). The molecule has 0 spiro atoms. The first kappa shape index (κ1) is 20.1. The van der Waals surface area contributed by atoms with Gasteiger partial charge in [-0.25, -0.2) is 4.79 Å². The molecule has 1 N–H and O–H groups in total. The number of hydrogen-bond donors (Lipinski definition) is 1. The molecule has 1 atom stereocenters. The van der Waals surface area contributed by atoms with E-state index in [0.717, 1.165) is 53.4 Å². The maximum Gasteiger partial charge on any atom is 0.339 e. The lowest BCUT2D eigenvalue weighted by molar-refractivity contribution is -0.124. The molecule has 0 bridgehead atoms. The third-order valence-corrected chi connectivity index (χ3v) is 5.68. The van der Waals surface area contributed by atoms with E-state index in [9.17, 15) is 9.59 Å². The lowest BCUT2D eigenvalue weighted by atomic mass is 9.90. The summed E-state index contributed by atoms with van der Waals surface area (Å²) in [6.45, 7) is 2.26. The summed E-state index contributed by atoms with van der Waals surface area (Å²) in [6.07, 6.45) is 3.80. The van der Waals surface area contributed by atoms with Crippen molar-refractivity contribution in [2.45, 2.75) is 38.5 Å². The molecule has 2 aromatic carbocycles. The SMILES string of the molecule is C[C@@H](CNC(=O)COC(=O)c1c2c(nc3ccccc13)CCCC2)c1ccccc1. The van der Waals surface area contributed by atoms with Crippen molar-refractivity contribution in [3.05, 3.63) is 77.0 Å². The van der Waals surface area contributed by atoms with Crippen molar-refractivity contribution in [2.24, 2.45) is 0 Å². The number of aromatic nitrogens is 1. The molecule has 5 nitrogen and oxygen atoms in total. The van der Waals surface area contributed by atoms with Crippen LogP contribution in [0.15, 0.2) is 54.6 Å². The molecule has 1 aliphatic carbocycles. The summed E-state index contributed by atoms with van der Waals surface area (Å²) in [5, 5.41) is 3.65. The van der Waals surface area contributed by atoms with Crippen molar-refractivity contribution in [3.63, 3.8) is 0 Å². The van der Waals surface area contributed by atoms with Crippen LogP contribution in [0.5, 0.6) is 0 Å². The average molecular weight is 402 g/mol. The van der Waals surface area contributed by atoms with Crippen LogP contribution in [0.3, 0.4) is 0 Å². The van der Waals surface area contributed by atoms with Gasteiger partial charge in [0, 0.05) is 17.6 Å². The Bertz CT molecular complexity index is 1060. The number of ether oxygens (including phenoxy) is 1. The normalized spacial score (nSPS) is 14.0. The predicted octanol–water partition coefficient (Wildman–Crippen LogP) is 4.19. The fourth-order valence-corrected chi connectivity index (χ4v) is 4.03. The van der Waals surface area contributed by atoms with Crippen LogP contribution in [-0.2, 0) is 22.4 Å². The molecule has 1 aliphatic rings. The van der Waals surface area contributed by atoms with E-state index in [1.807, 2.05) is 54.6 Å². The van der Waals surface area contributed by atoms with Gasteiger partial charge in [0.1, 0.15) is 0 Å².